The van der Waals surface area contributed by atoms with Crippen LogP contribution in [0.25, 0.3) is 0 Å². The molecule has 2 aromatic rings. The first-order valence-electron chi connectivity index (χ1n) is 8.62. The highest BCUT2D eigenvalue weighted by Gasteiger charge is 2.47. The Hall–Kier alpha value is -2.72. The van der Waals surface area contributed by atoms with Crippen LogP contribution in [0, 0.1) is 0 Å². The fourth-order valence-corrected chi connectivity index (χ4v) is 7.14. The third kappa shape index (κ3) is 3.08. The summed E-state index contributed by atoms with van der Waals surface area (Å²) in [6.45, 7) is 0.209. The highest BCUT2D eigenvalue weighted by molar-refractivity contribution is 8.13. The summed E-state index contributed by atoms with van der Waals surface area (Å²) >= 11 is 0. The summed E-state index contributed by atoms with van der Waals surface area (Å²) in [5.41, 5.74) is 6.07. The Bertz CT molecular complexity index is 1140. The molecule has 0 radical (unpaired) electrons. The molecule has 0 saturated carbocycles. The molecule has 0 fully saturated rings. The van der Waals surface area contributed by atoms with Gasteiger partial charge in [-0.25, -0.2) is 16.8 Å². The van der Waals surface area contributed by atoms with Gasteiger partial charge in [0.1, 0.15) is 5.25 Å². The first-order chi connectivity index (χ1) is 13.4. The molecule has 2 N–H and O–H groups in total. The maximum absolute atomic E-state index is 13.4. The van der Waals surface area contributed by atoms with Crippen LogP contribution >= 0.6 is 0 Å². The molecule has 2 aliphatic heterocycles. The van der Waals surface area contributed by atoms with Gasteiger partial charge in [-0.3, -0.25) is 0 Å². The van der Waals surface area contributed by atoms with Crippen molar-refractivity contribution >= 4 is 29.8 Å². The van der Waals surface area contributed by atoms with Crippen molar-refractivity contribution in [1.29, 1.82) is 0 Å². The van der Waals surface area contributed by atoms with Crippen molar-refractivity contribution in [2.24, 2.45) is 10.2 Å². The molecule has 0 amide bonds. The number of nitrogens with zero attached hydrogens (tertiary/aromatic N) is 2. The average molecular weight is 419 g/mol. The number of sulfone groups is 2. The van der Waals surface area contributed by atoms with Gasteiger partial charge in [0, 0.05) is 6.54 Å². The molecule has 4 rings (SSSR count). The average Bonchev–Trinajstić information content (AvgIpc) is 3.40. The van der Waals surface area contributed by atoms with Crippen LogP contribution in [0.5, 0.6) is 0 Å². The maximum Gasteiger partial charge on any atom is 0.223 e. The SMILES string of the molecule is O=S(=O)(C1=NNCC1S(=O)(=O)C1=NNCC1c1ccccc1)c1ccccc1. The minimum atomic E-state index is -4.06. The van der Waals surface area contributed by atoms with Crippen LogP contribution < -0.4 is 10.9 Å². The molecular formula is C18H18N4O4S2. The number of benzene rings is 2. The largest absolute Gasteiger partial charge is 0.308 e. The Morgan fingerprint density at radius 1 is 0.750 bits per heavy atom. The zero-order valence-electron chi connectivity index (χ0n) is 14.7. The van der Waals surface area contributed by atoms with E-state index < -0.39 is 35.9 Å². The molecule has 2 aliphatic rings. The van der Waals surface area contributed by atoms with E-state index in [1.54, 1.807) is 18.2 Å². The van der Waals surface area contributed by atoms with Crippen molar-refractivity contribution in [2.75, 3.05) is 13.1 Å². The van der Waals surface area contributed by atoms with Crippen LogP contribution in [-0.2, 0) is 19.7 Å². The molecule has 146 valence electrons. The second-order valence-electron chi connectivity index (χ2n) is 6.44. The summed E-state index contributed by atoms with van der Waals surface area (Å²) in [7, 11) is -8.11. The van der Waals surface area contributed by atoms with E-state index in [0.29, 0.717) is 6.54 Å². The third-order valence-electron chi connectivity index (χ3n) is 4.72. The number of hydrazone groups is 2. The topological polar surface area (TPSA) is 117 Å². The Morgan fingerprint density at radius 3 is 2.00 bits per heavy atom. The highest BCUT2D eigenvalue weighted by atomic mass is 32.2. The van der Waals surface area contributed by atoms with Gasteiger partial charge in [0.05, 0.1) is 17.4 Å². The van der Waals surface area contributed by atoms with E-state index >= 15 is 0 Å². The van der Waals surface area contributed by atoms with Crippen molar-refractivity contribution in [2.45, 2.75) is 16.1 Å². The second kappa shape index (κ2) is 7.02. The lowest BCUT2D eigenvalue weighted by Gasteiger charge is -2.17. The Morgan fingerprint density at radius 2 is 1.32 bits per heavy atom. The molecule has 28 heavy (non-hydrogen) atoms. The van der Waals surface area contributed by atoms with Gasteiger partial charge < -0.3 is 10.9 Å². The van der Waals surface area contributed by atoms with Gasteiger partial charge in [0.15, 0.2) is 10.1 Å². The Balaban J connectivity index is 1.71. The quantitative estimate of drug-likeness (QED) is 0.764. The number of rotatable bonds is 3. The van der Waals surface area contributed by atoms with Crippen LogP contribution in [0.15, 0.2) is 75.8 Å². The van der Waals surface area contributed by atoms with Crippen molar-refractivity contribution in [1.82, 2.24) is 10.9 Å². The third-order valence-corrected chi connectivity index (χ3v) is 8.79. The molecule has 8 nitrogen and oxygen atoms in total. The number of nitrogens with one attached hydrogen (secondary N) is 2. The first-order valence-corrected chi connectivity index (χ1v) is 11.6. The smallest absolute Gasteiger partial charge is 0.223 e. The standard InChI is InChI=1S/C18H18N4O4S2/c23-27(24,14-9-5-2-6-10-14)18-16(12-20-22-18)28(25,26)17-15(11-19-21-17)13-7-3-1-4-8-13/h1-10,15-16,19-20H,11-12H2. The van der Waals surface area contributed by atoms with Gasteiger partial charge in [0.2, 0.25) is 19.7 Å². The van der Waals surface area contributed by atoms with E-state index in [9.17, 15) is 16.8 Å². The van der Waals surface area contributed by atoms with Crippen molar-refractivity contribution in [3.8, 4) is 0 Å². The summed E-state index contributed by atoms with van der Waals surface area (Å²) in [5.74, 6) is -0.479. The predicted octanol–water partition coefficient (Wildman–Crippen LogP) is 0.861. The van der Waals surface area contributed by atoms with Gasteiger partial charge in [-0.2, -0.15) is 10.2 Å². The lowest BCUT2D eigenvalue weighted by molar-refractivity contribution is 0.596. The maximum atomic E-state index is 13.4. The van der Waals surface area contributed by atoms with Crippen molar-refractivity contribution in [3.05, 3.63) is 66.2 Å². The summed E-state index contributed by atoms with van der Waals surface area (Å²) in [6, 6.07) is 16.8. The molecular weight excluding hydrogens is 400 g/mol. The van der Waals surface area contributed by atoms with Crippen molar-refractivity contribution < 1.29 is 16.8 Å². The monoisotopic (exact) mass is 418 g/mol. The van der Waals surface area contributed by atoms with Crippen LogP contribution in [0.4, 0.5) is 0 Å². The number of hydrogen-bond donors (Lipinski definition) is 2. The van der Waals surface area contributed by atoms with E-state index in [0.717, 1.165) is 5.56 Å². The second-order valence-corrected chi connectivity index (χ2v) is 10.4. The molecule has 2 heterocycles. The molecule has 0 bridgehead atoms. The molecule has 2 unspecified atom stereocenters. The first kappa shape index (κ1) is 18.6. The van der Waals surface area contributed by atoms with Gasteiger partial charge in [-0.1, -0.05) is 48.5 Å². The minimum Gasteiger partial charge on any atom is -0.308 e. The van der Waals surface area contributed by atoms with Crippen molar-refractivity contribution in [3.63, 3.8) is 0 Å². The van der Waals surface area contributed by atoms with Gasteiger partial charge in [-0.05, 0) is 17.7 Å². The highest BCUT2D eigenvalue weighted by Crippen LogP contribution is 2.28. The van der Waals surface area contributed by atoms with E-state index in [1.807, 2.05) is 30.3 Å². The molecule has 0 aromatic heterocycles. The predicted molar refractivity (Wildman–Crippen MR) is 106 cm³/mol. The number of hydrogen-bond acceptors (Lipinski definition) is 8. The van der Waals surface area contributed by atoms with Crippen LogP contribution in [0.2, 0.25) is 0 Å². The van der Waals surface area contributed by atoms with Gasteiger partial charge in [-0.15, -0.1) is 0 Å². The van der Waals surface area contributed by atoms with E-state index in [1.165, 1.54) is 12.1 Å². The van der Waals surface area contributed by atoms with E-state index in [4.69, 9.17) is 0 Å². The summed E-state index contributed by atoms with van der Waals surface area (Å²) in [4.78, 5) is 0.00347. The lowest BCUT2D eigenvalue weighted by atomic mass is 10.0. The lowest BCUT2D eigenvalue weighted by Crippen LogP contribution is -2.41. The molecule has 0 spiro atoms. The van der Waals surface area contributed by atoms with Crippen LogP contribution in [0.1, 0.15) is 11.5 Å². The minimum absolute atomic E-state index is 0.00347. The molecule has 2 atom stereocenters. The fourth-order valence-electron chi connectivity index (χ4n) is 3.30. The van der Waals surface area contributed by atoms with E-state index in [-0.39, 0.29) is 16.5 Å². The summed E-state index contributed by atoms with van der Waals surface area (Å²) in [6.07, 6.45) is 0. The molecule has 0 saturated heterocycles. The molecule has 0 aliphatic carbocycles. The summed E-state index contributed by atoms with van der Waals surface area (Å²) < 4.78 is 52.6. The fraction of sp³-hybridized carbons (Fsp3) is 0.222. The zero-order valence-corrected chi connectivity index (χ0v) is 16.3. The Kier molecular flexibility index (Phi) is 4.68. The van der Waals surface area contributed by atoms with Gasteiger partial charge in [0.25, 0.3) is 0 Å². The Labute approximate surface area is 163 Å². The molecule has 10 heteroatoms. The molecule has 2 aromatic carbocycles. The van der Waals surface area contributed by atoms with Gasteiger partial charge >= 0.3 is 0 Å². The van der Waals surface area contributed by atoms with Crippen LogP contribution in [0.3, 0.4) is 0 Å². The van der Waals surface area contributed by atoms with E-state index in [2.05, 4.69) is 21.1 Å². The normalized spacial score (nSPS) is 22.1. The summed E-state index contributed by atoms with van der Waals surface area (Å²) in [5, 5.41) is 6.02. The van der Waals surface area contributed by atoms with Crippen LogP contribution in [-0.4, -0.2) is 45.3 Å². The zero-order chi connectivity index (χ0) is 19.8.